The zero-order chi connectivity index (χ0) is 41.4. The topological polar surface area (TPSA) is 204 Å². The van der Waals surface area contributed by atoms with E-state index in [0.29, 0.717) is 37.3 Å². The molecule has 2 aromatic carbocycles. The number of benzene rings is 2. The number of hydrogen-bond donors (Lipinski definition) is 5. The average Bonchev–Trinajstić information content (AvgIpc) is 3.54. The van der Waals surface area contributed by atoms with Crippen molar-refractivity contribution in [2.75, 3.05) is 33.4 Å². The van der Waals surface area contributed by atoms with Crippen molar-refractivity contribution in [3.8, 4) is 34.0 Å². The number of aromatic amines is 2. The fourth-order valence-corrected chi connectivity index (χ4v) is 8.39. The molecular formula is C43H50N8O8. The van der Waals surface area contributed by atoms with Crippen LogP contribution in [0.25, 0.3) is 33.7 Å². The monoisotopic (exact) mass is 806 g/mol. The van der Waals surface area contributed by atoms with Gasteiger partial charge in [-0.1, -0.05) is 45.0 Å². The standard InChI is InChI=1S/C43H50N8O8/c1-5-14-50(41(53)38(23(2)3)49-43(56)57-4)21-35-44-18-30(47-35)26-10-12-27-29-22-58-33-16-25(11-13-28(33)37(29)39(24-8-9-24)59-34(27)17-26)31-19-45-40(48-31)32-7-6-15-51(32)36(52)20-46-42(54)55/h10-13,16-19,23-24,32,38-39,46H,5-9,14-15,20-22H2,1-4H3,(H,44,47)(H,45,48)(H,49,56)(H,54,55)/t32?,38-,39?/m0/s1. The number of hydrogen-bond acceptors (Lipinski definition) is 9. The molecule has 4 aliphatic rings. The number of H-pyrrole nitrogens is 2. The first-order valence-electron chi connectivity index (χ1n) is 20.3. The Labute approximate surface area is 341 Å². The number of alkyl carbamates (subject to hydrolysis) is 1. The average molecular weight is 807 g/mol. The second-order valence-electron chi connectivity index (χ2n) is 15.9. The first-order valence-corrected chi connectivity index (χ1v) is 20.3. The Morgan fingerprint density at radius 2 is 1.73 bits per heavy atom. The van der Waals surface area contributed by atoms with E-state index in [1.165, 1.54) is 7.11 Å². The van der Waals surface area contributed by atoms with Gasteiger partial charge >= 0.3 is 12.2 Å². The van der Waals surface area contributed by atoms with Gasteiger partial charge in [0.2, 0.25) is 11.8 Å². The van der Waals surface area contributed by atoms with Gasteiger partial charge in [-0.25, -0.2) is 19.6 Å². The van der Waals surface area contributed by atoms with E-state index in [9.17, 15) is 19.2 Å². The van der Waals surface area contributed by atoms with E-state index in [4.69, 9.17) is 19.3 Å². The maximum Gasteiger partial charge on any atom is 0.407 e. The Hall–Kier alpha value is -6.32. The zero-order valence-electron chi connectivity index (χ0n) is 33.7. The van der Waals surface area contributed by atoms with Crippen LogP contribution in [-0.2, 0) is 20.9 Å². The van der Waals surface area contributed by atoms with Crippen LogP contribution in [0.4, 0.5) is 9.59 Å². The number of carboxylic acid groups (broad SMARTS) is 1. The lowest BCUT2D eigenvalue weighted by Crippen LogP contribution is -2.51. The molecule has 2 aromatic heterocycles. The quantitative estimate of drug-likeness (QED) is 0.107. The Kier molecular flexibility index (Phi) is 11.1. The Bertz CT molecular complexity index is 2290. The molecule has 0 bridgehead atoms. The van der Waals surface area contributed by atoms with Crippen LogP contribution in [-0.4, -0.2) is 104 Å². The number of methoxy groups -OCH3 is 1. The molecule has 1 saturated carbocycles. The number of ether oxygens (including phenoxy) is 3. The van der Waals surface area contributed by atoms with Gasteiger partial charge in [-0.05, 0) is 50.2 Å². The summed E-state index contributed by atoms with van der Waals surface area (Å²) >= 11 is 0. The molecule has 5 heterocycles. The molecule has 8 rings (SSSR count). The number of nitrogens with zero attached hydrogens (tertiary/aromatic N) is 4. The Morgan fingerprint density at radius 3 is 2.44 bits per heavy atom. The van der Waals surface area contributed by atoms with E-state index in [1.807, 2.05) is 39.0 Å². The number of imidazole rings is 2. The van der Waals surface area contributed by atoms with Gasteiger partial charge in [-0.3, -0.25) is 9.59 Å². The van der Waals surface area contributed by atoms with Crippen molar-refractivity contribution in [1.82, 2.24) is 40.4 Å². The number of nitrogens with one attached hydrogen (secondary N) is 4. The van der Waals surface area contributed by atoms with Crippen LogP contribution in [0.1, 0.15) is 81.7 Å². The number of fused-ring (bicyclic) bond motifs is 4. The van der Waals surface area contributed by atoms with Crippen molar-refractivity contribution >= 4 is 35.1 Å². The van der Waals surface area contributed by atoms with Gasteiger partial charge in [0.1, 0.15) is 48.4 Å². The molecule has 1 aliphatic carbocycles. The first-order chi connectivity index (χ1) is 28.5. The molecule has 2 fully saturated rings. The van der Waals surface area contributed by atoms with Gasteiger partial charge in [0, 0.05) is 52.4 Å². The second-order valence-corrected chi connectivity index (χ2v) is 15.9. The Balaban J connectivity index is 1.01. The number of amides is 4. The predicted octanol–water partition coefficient (Wildman–Crippen LogP) is 5.99. The van der Waals surface area contributed by atoms with Crippen molar-refractivity contribution in [1.29, 1.82) is 0 Å². The highest BCUT2D eigenvalue weighted by molar-refractivity contribution is 6.00. The van der Waals surface area contributed by atoms with Crippen molar-refractivity contribution in [3.05, 3.63) is 71.6 Å². The summed E-state index contributed by atoms with van der Waals surface area (Å²) in [5.74, 6) is 2.64. The summed E-state index contributed by atoms with van der Waals surface area (Å²) in [5.41, 5.74) is 7.67. The number of carbonyl (C=O) groups is 4. The van der Waals surface area contributed by atoms with Gasteiger partial charge in [0.15, 0.2) is 0 Å². The smallest absolute Gasteiger partial charge is 0.407 e. The van der Waals surface area contributed by atoms with Crippen LogP contribution in [0.5, 0.6) is 11.5 Å². The summed E-state index contributed by atoms with van der Waals surface area (Å²) in [5, 5.41) is 13.8. The predicted molar refractivity (Wildman–Crippen MR) is 217 cm³/mol. The lowest BCUT2D eigenvalue weighted by atomic mass is 9.84. The maximum absolute atomic E-state index is 13.6. The summed E-state index contributed by atoms with van der Waals surface area (Å²) in [7, 11) is 1.28. The highest BCUT2D eigenvalue weighted by Gasteiger charge is 2.43. The number of carbonyl (C=O) groups excluding carboxylic acids is 3. The molecular weight excluding hydrogens is 757 g/mol. The molecule has 16 heteroatoms. The van der Waals surface area contributed by atoms with Crippen molar-refractivity contribution in [2.45, 2.75) is 77.6 Å². The molecule has 1 saturated heterocycles. The van der Waals surface area contributed by atoms with Crippen molar-refractivity contribution < 1.29 is 38.5 Å². The number of rotatable bonds is 13. The minimum Gasteiger partial charge on any atom is -0.488 e. The first kappa shape index (κ1) is 39.5. The molecule has 16 nitrogen and oxygen atoms in total. The van der Waals surface area contributed by atoms with Crippen LogP contribution in [0, 0.1) is 11.8 Å². The molecule has 5 N–H and O–H groups in total. The van der Waals surface area contributed by atoms with Crippen LogP contribution in [0.3, 0.4) is 0 Å². The third-order valence-electron chi connectivity index (χ3n) is 11.5. The maximum atomic E-state index is 13.6. The Morgan fingerprint density at radius 1 is 1.00 bits per heavy atom. The van der Waals surface area contributed by atoms with Gasteiger partial charge in [0.25, 0.3) is 0 Å². The molecule has 4 amide bonds. The molecule has 3 atom stereocenters. The minimum atomic E-state index is -1.23. The molecule has 0 spiro atoms. The van der Waals surface area contributed by atoms with Crippen LogP contribution in [0.2, 0.25) is 0 Å². The fraction of sp³-hybridized carbons (Fsp3) is 0.442. The highest BCUT2D eigenvalue weighted by atomic mass is 16.5. The van der Waals surface area contributed by atoms with E-state index in [2.05, 4.69) is 48.8 Å². The van der Waals surface area contributed by atoms with Gasteiger partial charge in [-0.15, -0.1) is 0 Å². The summed E-state index contributed by atoms with van der Waals surface area (Å²) in [6, 6.07) is 11.4. The van der Waals surface area contributed by atoms with Gasteiger partial charge < -0.3 is 49.7 Å². The van der Waals surface area contributed by atoms with Crippen LogP contribution >= 0.6 is 0 Å². The van der Waals surface area contributed by atoms with E-state index in [-0.39, 0.29) is 43.0 Å². The lowest BCUT2D eigenvalue weighted by Gasteiger charge is -2.35. The normalized spacial score (nSPS) is 18.6. The molecule has 310 valence electrons. The third-order valence-corrected chi connectivity index (χ3v) is 11.5. The van der Waals surface area contributed by atoms with E-state index in [1.54, 1.807) is 22.2 Å². The summed E-state index contributed by atoms with van der Waals surface area (Å²) in [6.45, 7) is 7.20. The summed E-state index contributed by atoms with van der Waals surface area (Å²) < 4.78 is 18.1. The highest BCUT2D eigenvalue weighted by Crippen LogP contribution is 2.52. The van der Waals surface area contributed by atoms with Crippen molar-refractivity contribution in [3.63, 3.8) is 0 Å². The van der Waals surface area contributed by atoms with Gasteiger partial charge in [-0.2, -0.15) is 0 Å². The summed E-state index contributed by atoms with van der Waals surface area (Å²) in [6.07, 6.45) is 5.99. The van der Waals surface area contributed by atoms with Crippen molar-refractivity contribution in [2.24, 2.45) is 11.8 Å². The van der Waals surface area contributed by atoms with E-state index in [0.717, 1.165) is 88.4 Å². The summed E-state index contributed by atoms with van der Waals surface area (Å²) in [4.78, 5) is 68.8. The van der Waals surface area contributed by atoms with E-state index >= 15 is 0 Å². The number of likely N-dealkylation sites (tertiary alicyclic amines) is 1. The largest absolute Gasteiger partial charge is 0.488 e. The van der Waals surface area contributed by atoms with Crippen LogP contribution < -0.4 is 20.1 Å². The molecule has 0 radical (unpaired) electrons. The number of aromatic nitrogens is 4. The van der Waals surface area contributed by atoms with Gasteiger partial charge in [0.05, 0.1) is 43.5 Å². The molecule has 59 heavy (non-hydrogen) atoms. The van der Waals surface area contributed by atoms with E-state index < -0.39 is 18.2 Å². The fourth-order valence-electron chi connectivity index (χ4n) is 8.39. The SMILES string of the molecule is CCCN(Cc1ncc(-c2ccc3c(c2)OC(C2CC2)C2=C3COc3cc(-c4cnc(C5CCCN5C(=O)CNC(=O)O)[nH]4)ccc32)[nH]1)C(=O)[C@@H](NC(=O)OC)C(C)C. The zero-order valence-corrected chi connectivity index (χ0v) is 33.7. The minimum absolute atomic E-state index is 0.125. The lowest BCUT2D eigenvalue weighted by molar-refractivity contribution is -0.135. The van der Waals surface area contributed by atoms with Crippen LogP contribution in [0.15, 0.2) is 48.8 Å². The second kappa shape index (κ2) is 16.5. The molecule has 3 aliphatic heterocycles. The molecule has 4 aromatic rings. The molecule has 2 unspecified atom stereocenters. The third kappa shape index (κ3) is 8.08.